The molecule has 0 bridgehead atoms. The molecule has 3 heteroatoms. The maximum absolute atomic E-state index is 5.69. The first kappa shape index (κ1) is 11.8. The zero-order valence-corrected chi connectivity index (χ0v) is 10.2. The lowest BCUT2D eigenvalue weighted by molar-refractivity contribution is -0.0431. The molecule has 0 unspecified atom stereocenters. The highest BCUT2D eigenvalue weighted by molar-refractivity contribution is 5.45. The van der Waals surface area contributed by atoms with Gasteiger partial charge in [-0.3, -0.25) is 0 Å². The van der Waals surface area contributed by atoms with E-state index >= 15 is 0 Å². The molecule has 90 valence electrons. The Morgan fingerprint density at radius 2 is 2.06 bits per heavy atom. The first-order chi connectivity index (χ1) is 8.11. The molecule has 0 saturated carbocycles. The van der Waals surface area contributed by atoms with Crippen LogP contribution >= 0.6 is 0 Å². The average Bonchev–Trinajstić information content (AvgIpc) is 2.57. The number of nitrogens with one attached hydrogen (secondary N) is 1. The second-order valence-corrected chi connectivity index (χ2v) is 4.52. The monoisotopic (exact) mass is 231 g/mol. The lowest BCUT2D eigenvalue weighted by Gasteiger charge is -2.16. The molecule has 17 heavy (non-hydrogen) atoms. The van der Waals surface area contributed by atoms with Crippen LogP contribution in [0.25, 0.3) is 0 Å². The third-order valence-corrected chi connectivity index (χ3v) is 2.54. The van der Waals surface area contributed by atoms with E-state index in [1.54, 1.807) is 0 Å². The molecule has 2 rings (SSSR count). The topological polar surface area (TPSA) is 30.5 Å². The van der Waals surface area contributed by atoms with Gasteiger partial charge in [-0.1, -0.05) is 12.0 Å². The Kier molecular flexibility index (Phi) is 3.26. The third kappa shape index (κ3) is 2.92. The van der Waals surface area contributed by atoms with Crippen molar-refractivity contribution < 1.29 is 9.47 Å². The molecule has 0 radical (unpaired) electrons. The fourth-order valence-corrected chi connectivity index (χ4v) is 1.82. The highest BCUT2D eigenvalue weighted by Crippen LogP contribution is 2.39. The van der Waals surface area contributed by atoms with Crippen LogP contribution in [0.5, 0.6) is 11.5 Å². The number of terminal acetylenes is 1. The standard InChI is InChI=1S/C14H17NO2/c1-4-8-15-9-7-11-5-6-12-13(10-11)17-14(2,3)16-12/h1,5-6,10,15H,7-9H2,2-3H3. The van der Waals surface area contributed by atoms with Crippen molar-refractivity contribution in [2.45, 2.75) is 26.1 Å². The van der Waals surface area contributed by atoms with E-state index in [4.69, 9.17) is 15.9 Å². The minimum atomic E-state index is -0.553. The summed E-state index contributed by atoms with van der Waals surface area (Å²) in [5.74, 6) is 3.64. The average molecular weight is 231 g/mol. The Balaban J connectivity index is 1.97. The van der Waals surface area contributed by atoms with Gasteiger partial charge in [-0.05, 0) is 24.1 Å². The number of ether oxygens (including phenoxy) is 2. The number of hydrogen-bond donors (Lipinski definition) is 1. The maximum atomic E-state index is 5.69. The van der Waals surface area contributed by atoms with E-state index < -0.39 is 5.79 Å². The van der Waals surface area contributed by atoms with Crippen molar-refractivity contribution in [1.29, 1.82) is 0 Å². The molecule has 1 aromatic carbocycles. The van der Waals surface area contributed by atoms with Gasteiger partial charge in [-0.2, -0.15) is 0 Å². The van der Waals surface area contributed by atoms with E-state index in [2.05, 4.69) is 17.3 Å². The molecule has 1 heterocycles. The molecular formula is C14H17NO2. The van der Waals surface area contributed by atoms with Crippen molar-refractivity contribution in [2.75, 3.05) is 13.1 Å². The van der Waals surface area contributed by atoms with Crippen LogP contribution in [0.1, 0.15) is 19.4 Å². The van der Waals surface area contributed by atoms with Crippen molar-refractivity contribution in [1.82, 2.24) is 5.32 Å². The quantitative estimate of drug-likeness (QED) is 0.634. The van der Waals surface area contributed by atoms with Crippen LogP contribution < -0.4 is 14.8 Å². The fraction of sp³-hybridized carbons (Fsp3) is 0.429. The Morgan fingerprint density at radius 1 is 1.29 bits per heavy atom. The lowest BCUT2D eigenvalue weighted by Crippen LogP contribution is -2.29. The van der Waals surface area contributed by atoms with Crippen LogP contribution in [0.4, 0.5) is 0 Å². The molecule has 1 aromatic rings. The van der Waals surface area contributed by atoms with Gasteiger partial charge in [0.25, 0.3) is 0 Å². The van der Waals surface area contributed by atoms with Gasteiger partial charge in [-0.25, -0.2) is 0 Å². The normalized spacial score (nSPS) is 15.6. The number of fused-ring (bicyclic) bond motifs is 1. The summed E-state index contributed by atoms with van der Waals surface area (Å²) in [6.45, 7) is 5.28. The van der Waals surface area contributed by atoms with Gasteiger partial charge >= 0.3 is 0 Å². The highest BCUT2D eigenvalue weighted by Gasteiger charge is 2.31. The van der Waals surface area contributed by atoms with Crippen LogP contribution in [-0.4, -0.2) is 18.9 Å². The van der Waals surface area contributed by atoms with Crippen molar-refractivity contribution in [3.8, 4) is 23.8 Å². The van der Waals surface area contributed by atoms with Gasteiger partial charge < -0.3 is 14.8 Å². The van der Waals surface area contributed by atoms with Crippen LogP contribution in [-0.2, 0) is 6.42 Å². The Bertz CT molecular complexity index is 446. The summed E-state index contributed by atoms with van der Waals surface area (Å²) < 4.78 is 11.3. The molecule has 1 aliphatic heterocycles. The van der Waals surface area contributed by atoms with Crippen molar-refractivity contribution in [3.05, 3.63) is 23.8 Å². The van der Waals surface area contributed by atoms with Gasteiger partial charge in [0.15, 0.2) is 11.5 Å². The predicted octanol–water partition coefficient (Wildman–Crippen LogP) is 1.96. The molecule has 0 saturated heterocycles. The van der Waals surface area contributed by atoms with E-state index in [1.807, 2.05) is 26.0 Å². The summed E-state index contributed by atoms with van der Waals surface area (Å²) in [5, 5.41) is 3.16. The summed E-state index contributed by atoms with van der Waals surface area (Å²) in [5.41, 5.74) is 1.22. The zero-order valence-electron chi connectivity index (χ0n) is 10.2. The lowest BCUT2D eigenvalue weighted by atomic mass is 10.1. The van der Waals surface area contributed by atoms with Crippen molar-refractivity contribution in [3.63, 3.8) is 0 Å². The summed E-state index contributed by atoms with van der Waals surface area (Å²) in [4.78, 5) is 0. The summed E-state index contributed by atoms with van der Waals surface area (Å²) >= 11 is 0. The number of rotatable bonds is 4. The first-order valence-electron chi connectivity index (χ1n) is 5.76. The molecule has 1 aliphatic rings. The predicted molar refractivity (Wildman–Crippen MR) is 67.2 cm³/mol. The minimum Gasteiger partial charge on any atom is -0.449 e. The molecule has 1 N–H and O–H groups in total. The SMILES string of the molecule is C#CCNCCc1ccc2c(c1)OC(C)(C)O2. The Labute approximate surface area is 102 Å². The van der Waals surface area contributed by atoms with E-state index in [0.717, 1.165) is 24.5 Å². The van der Waals surface area contributed by atoms with E-state index in [-0.39, 0.29) is 0 Å². The van der Waals surface area contributed by atoms with Crippen LogP contribution in [0.3, 0.4) is 0 Å². The van der Waals surface area contributed by atoms with E-state index in [9.17, 15) is 0 Å². The summed E-state index contributed by atoms with van der Waals surface area (Å²) in [6, 6.07) is 6.05. The van der Waals surface area contributed by atoms with E-state index in [1.165, 1.54) is 5.56 Å². The first-order valence-corrected chi connectivity index (χ1v) is 5.76. The van der Waals surface area contributed by atoms with Gasteiger partial charge in [0.2, 0.25) is 5.79 Å². The minimum absolute atomic E-state index is 0.553. The molecule has 3 nitrogen and oxygen atoms in total. The molecule has 0 fully saturated rings. The van der Waals surface area contributed by atoms with E-state index in [0.29, 0.717) is 6.54 Å². The number of hydrogen-bond acceptors (Lipinski definition) is 3. The summed E-state index contributed by atoms with van der Waals surface area (Å²) in [7, 11) is 0. The van der Waals surface area contributed by atoms with Gasteiger partial charge in [0, 0.05) is 20.4 Å². The number of benzene rings is 1. The molecule has 0 aromatic heterocycles. The molecule has 0 amide bonds. The van der Waals surface area contributed by atoms with Crippen LogP contribution in [0.15, 0.2) is 18.2 Å². The molecule has 0 spiro atoms. The Morgan fingerprint density at radius 3 is 2.82 bits per heavy atom. The molecular weight excluding hydrogens is 214 g/mol. The largest absolute Gasteiger partial charge is 0.449 e. The molecule has 0 atom stereocenters. The van der Waals surface area contributed by atoms with Gasteiger partial charge in [0.1, 0.15) is 0 Å². The highest BCUT2D eigenvalue weighted by atomic mass is 16.7. The van der Waals surface area contributed by atoms with Crippen LogP contribution in [0.2, 0.25) is 0 Å². The second kappa shape index (κ2) is 4.68. The zero-order chi connectivity index (χ0) is 12.3. The fourth-order valence-electron chi connectivity index (χ4n) is 1.82. The van der Waals surface area contributed by atoms with Crippen molar-refractivity contribution in [2.24, 2.45) is 0 Å². The van der Waals surface area contributed by atoms with Crippen molar-refractivity contribution >= 4 is 0 Å². The smallest absolute Gasteiger partial charge is 0.246 e. The third-order valence-electron chi connectivity index (χ3n) is 2.54. The second-order valence-electron chi connectivity index (χ2n) is 4.52. The Hall–Kier alpha value is -1.66. The summed E-state index contributed by atoms with van der Waals surface area (Å²) in [6.07, 6.45) is 6.09. The molecule has 0 aliphatic carbocycles. The van der Waals surface area contributed by atoms with Gasteiger partial charge in [-0.15, -0.1) is 6.42 Å². The van der Waals surface area contributed by atoms with Crippen LogP contribution in [0, 0.1) is 12.3 Å². The van der Waals surface area contributed by atoms with Gasteiger partial charge in [0.05, 0.1) is 6.54 Å². The maximum Gasteiger partial charge on any atom is 0.246 e.